The minimum absolute atomic E-state index is 0.138. The molecule has 0 bridgehead atoms. The zero-order chi connectivity index (χ0) is 18.2. The molecule has 0 radical (unpaired) electrons. The van der Waals surface area contributed by atoms with Crippen LogP contribution >= 0.6 is 11.8 Å². The van der Waals surface area contributed by atoms with Crippen LogP contribution in [0.3, 0.4) is 0 Å². The lowest BCUT2D eigenvalue weighted by molar-refractivity contribution is -0.113. The third kappa shape index (κ3) is 5.00. The monoisotopic (exact) mass is 371 g/mol. The largest absolute Gasteiger partial charge is 0.495 e. The molecule has 3 rings (SSSR count). The number of thioether (sulfide) groups is 1. The Morgan fingerprint density at radius 3 is 2.69 bits per heavy atom. The molecule has 0 aliphatic carbocycles. The van der Waals surface area contributed by atoms with Crippen molar-refractivity contribution < 1.29 is 18.7 Å². The molecule has 1 amide bonds. The fourth-order valence-electron chi connectivity index (χ4n) is 2.08. The SMILES string of the molecule is COc1ccccc1NC(=O)CSc1nnc(COc2ccccc2)o1. The average Bonchev–Trinajstić information content (AvgIpc) is 3.14. The van der Waals surface area contributed by atoms with Gasteiger partial charge in [-0.2, -0.15) is 0 Å². The van der Waals surface area contributed by atoms with Crippen LogP contribution < -0.4 is 14.8 Å². The fourth-order valence-corrected chi connectivity index (χ4v) is 2.66. The van der Waals surface area contributed by atoms with Crippen LogP contribution in [-0.2, 0) is 11.4 Å². The van der Waals surface area contributed by atoms with Crippen molar-refractivity contribution in [1.82, 2.24) is 10.2 Å². The van der Waals surface area contributed by atoms with E-state index >= 15 is 0 Å². The molecule has 3 aromatic rings. The second kappa shape index (κ2) is 8.91. The van der Waals surface area contributed by atoms with Gasteiger partial charge in [-0.05, 0) is 24.3 Å². The first-order chi connectivity index (χ1) is 12.7. The lowest BCUT2D eigenvalue weighted by Crippen LogP contribution is -2.14. The summed E-state index contributed by atoms with van der Waals surface area (Å²) >= 11 is 1.16. The highest BCUT2D eigenvalue weighted by atomic mass is 32.2. The molecule has 0 aliphatic heterocycles. The highest BCUT2D eigenvalue weighted by Crippen LogP contribution is 2.24. The topological polar surface area (TPSA) is 86.5 Å². The quantitative estimate of drug-likeness (QED) is 0.607. The van der Waals surface area contributed by atoms with Gasteiger partial charge in [0.25, 0.3) is 11.1 Å². The van der Waals surface area contributed by atoms with Crippen molar-refractivity contribution in [2.75, 3.05) is 18.2 Å². The summed E-state index contributed by atoms with van der Waals surface area (Å²) in [4.78, 5) is 12.1. The lowest BCUT2D eigenvalue weighted by atomic mass is 10.3. The van der Waals surface area contributed by atoms with E-state index in [-0.39, 0.29) is 18.3 Å². The van der Waals surface area contributed by atoms with Crippen molar-refractivity contribution in [2.24, 2.45) is 0 Å². The minimum Gasteiger partial charge on any atom is -0.495 e. The molecule has 1 N–H and O–H groups in total. The number of carbonyl (C=O) groups is 1. The third-order valence-corrected chi connectivity index (χ3v) is 4.08. The number of rotatable bonds is 8. The second-order valence-corrected chi connectivity index (χ2v) is 6.03. The summed E-state index contributed by atoms with van der Waals surface area (Å²) in [6, 6.07) is 16.6. The third-order valence-electron chi connectivity index (χ3n) is 3.26. The number of hydrogen-bond donors (Lipinski definition) is 1. The van der Waals surface area contributed by atoms with E-state index in [9.17, 15) is 4.79 Å². The van der Waals surface area contributed by atoms with Gasteiger partial charge in [-0.25, -0.2) is 0 Å². The molecule has 134 valence electrons. The van der Waals surface area contributed by atoms with Gasteiger partial charge in [0.05, 0.1) is 18.6 Å². The molecular weight excluding hydrogens is 354 g/mol. The number of aromatic nitrogens is 2. The summed E-state index contributed by atoms with van der Waals surface area (Å²) < 4.78 is 16.2. The van der Waals surface area contributed by atoms with Crippen LogP contribution in [0.4, 0.5) is 5.69 Å². The van der Waals surface area contributed by atoms with Gasteiger partial charge in [0, 0.05) is 0 Å². The van der Waals surface area contributed by atoms with Gasteiger partial charge < -0.3 is 19.2 Å². The Kier molecular flexibility index (Phi) is 6.10. The number of anilines is 1. The molecule has 0 atom stereocenters. The number of hydrogen-bond acceptors (Lipinski definition) is 7. The normalized spacial score (nSPS) is 10.3. The molecule has 0 saturated carbocycles. The van der Waals surface area contributed by atoms with Crippen LogP contribution in [0.15, 0.2) is 64.2 Å². The van der Waals surface area contributed by atoms with E-state index in [1.54, 1.807) is 19.2 Å². The van der Waals surface area contributed by atoms with Gasteiger partial charge in [0.15, 0.2) is 6.61 Å². The van der Waals surface area contributed by atoms with Gasteiger partial charge in [-0.3, -0.25) is 4.79 Å². The molecular formula is C18H17N3O4S. The molecule has 0 spiro atoms. The molecule has 0 unspecified atom stereocenters. The zero-order valence-corrected chi connectivity index (χ0v) is 14.9. The summed E-state index contributed by atoms with van der Waals surface area (Å²) in [5.41, 5.74) is 0.614. The van der Waals surface area contributed by atoms with Crippen molar-refractivity contribution in [3.63, 3.8) is 0 Å². The van der Waals surface area contributed by atoms with Crippen LogP contribution in [0, 0.1) is 0 Å². The summed E-state index contributed by atoms with van der Waals surface area (Å²) in [7, 11) is 1.55. The maximum atomic E-state index is 12.1. The summed E-state index contributed by atoms with van der Waals surface area (Å²) in [5.74, 6) is 1.61. The standard InChI is InChI=1S/C18H17N3O4S/c1-23-15-10-6-5-9-14(15)19-16(22)12-26-18-21-20-17(25-18)11-24-13-7-3-2-4-8-13/h2-10H,11-12H2,1H3,(H,19,22). The van der Waals surface area contributed by atoms with Crippen LogP contribution in [0.25, 0.3) is 0 Å². The Balaban J connectivity index is 1.47. The molecule has 0 fully saturated rings. The number of methoxy groups -OCH3 is 1. The molecule has 2 aromatic carbocycles. The maximum absolute atomic E-state index is 12.1. The zero-order valence-electron chi connectivity index (χ0n) is 14.0. The van der Waals surface area contributed by atoms with Crippen LogP contribution in [0.1, 0.15) is 5.89 Å². The molecule has 0 saturated heterocycles. The van der Waals surface area contributed by atoms with Crippen LogP contribution in [0.5, 0.6) is 11.5 Å². The first-order valence-electron chi connectivity index (χ1n) is 7.80. The number of amides is 1. The average molecular weight is 371 g/mol. The number of carbonyl (C=O) groups excluding carboxylic acids is 1. The number of nitrogens with one attached hydrogen (secondary N) is 1. The molecule has 0 aliphatic rings. The van der Waals surface area contributed by atoms with Crippen LogP contribution in [0.2, 0.25) is 0 Å². The Labute approximate surface area is 154 Å². The summed E-state index contributed by atoms with van der Waals surface area (Å²) in [6.07, 6.45) is 0. The van der Waals surface area contributed by atoms with E-state index < -0.39 is 0 Å². The number of nitrogens with zero attached hydrogens (tertiary/aromatic N) is 2. The smallest absolute Gasteiger partial charge is 0.277 e. The van der Waals surface area contributed by atoms with Gasteiger partial charge >= 0.3 is 0 Å². The number of ether oxygens (including phenoxy) is 2. The summed E-state index contributed by atoms with van der Waals surface area (Å²) in [5, 5.41) is 10.9. The van der Waals surface area contributed by atoms with Crippen molar-refractivity contribution >= 4 is 23.4 Å². The van der Waals surface area contributed by atoms with Crippen molar-refractivity contribution in [3.05, 3.63) is 60.5 Å². The lowest BCUT2D eigenvalue weighted by Gasteiger charge is -2.08. The van der Waals surface area contributed by atoms with Gasteiger partial charge in [0.2, 0.25) is 5.91 Å². The molecule has 1 heterocycles. The highest BCUT2D eigenvalue weighted by molar-refractivity contribution is 7.99. The Bertz CT molecular complexity index is 854. The van der Waals surface area contributed by atoms with Gasteiger partial charge in [-0.1, -0.05) is 42.1 Å². The van der Waals surface area contributed by atoms with Crippen LogP contribution in [-0.4, -0.2) is 29.0 Å². The minimum atomic E-state index is -0.195. The van der Waals surface area contributed by atoms with Gasteiger partial charge in [0.1, 0.15) is 11.5 Å². The predicted molar refractivity (Wildman–Crippen MR) is 97.4 cm³/mol. The maximum Gasteiger partial charge on any atom is 0.277 e. The van der Waals surface area contributed by atoms with E-state index in [0.717, 1.165) is 17.5 Å². The molecule has 8 heteroatoms. The first-order valence-corrected chi connectivity index (χ1v) is 8.79. The van der Waals surface area contributed by atoms with Crippen molar-refractivity contribution in [3.8, 4) is 11.5 Å². The Morgan fingerprint density at radius 1 is 1.12 bits per heavy atom. The molecule has 26 heavy (non-hydrogen) atoms. The summed E-state index contributed by atoms with van der Waals surface area (Å²) in [6.45, 7) is 0.172. The fraction of sp³-hybridized carbons (Fsp3) is 0.167. The second-order valence-electron chi connectivity index (χ2n) is 5.10. The van der Waals surface area contributed by atoms with Gasteiger partial charge in [-0.15, -0.1) is 10.2 Å². The number of para-hydroxylation sites is 3. The Hall–Kier alpha value is -3.00. The van der Waals surface area contributed by atoms with E-state index in [2.05, 4.69) is 15.5 Å². The van der Waals surface area contributed by atoms with Crippen molar-refractivity contribution in [1.29, 1.82) is 0 Å². The predicted octanol–water partition coefficient (Wildman–Crippen LogP) is 3.39. The van der Waals surface area contributed by atoms with E-state index in [1.807, 2.05) is 42.5 Å². The highest BCUT2D eigenvalue weighted by Gasteiger charge is 2.12. The van der Waals surface area contributed by atoms with E-state index in [1.165, 1.54) is 0 Å². The van der Waals surface area contributed by atoms with E-state index in [4.69, 9.17) is 13.9 Å². The molecule has 7 nitrogen and oxygen atoms in total. The number of benzene rings is 2. The molecule has 1 aromatic heterocycles. The van der Waals surface area contributed by atoms with E-state index in [0.29, 0.717) is 22.6 Å². The Morgan fingerprint density at radius 2 is 1.88 bits per heavy atom. The van der Waals surface area contributed by atoms with Crippen molar-refractivity contribution in [2.45, 2.75) is 11.8 Å². The first kappa shape index (κ1) is 17.8.